The Labute approximate surface area is 266 Å². The van der Waals surface area contributed by atoms with E-state index in [0.29, 0.717) is 76.8 Å². The summed E-state index contributed by atoms with van der Waals surface area (Å²) in [4.78, 5) is 35.0. The van der Waals surface area contributed by atoms with Crippen molar-refractivity contribution in [3.63, 3.8) is 0 Å². The van der Waals surface area contributed by atoms with Gasteiger partial charge in [0.15, 0.2) is 16.7 Å². The second kappa shape index (κ2) is 13.9. The third kappa shape index (κ3) is 7.08. The molecule has 2 aliphatic heterocycles. The number of halogens is 2. The van der Waals surface area contributed by atoms with Crippen LogP contribution >= 0.6 is 43.6 Å². The van der Waals surface area contributed by atoms with Crippen LogP contribution in [0.3, 0.4) is 0 Å². The lowest BCUT2D eigenvalue weighted by Gasteiger charge is -2.26. The maximum absolute atomic E-state index is 13.3. The van der Waals surface area contributed by atoms with Gasteiger partial charge in [-0.05, 0) is 94.3 Å². The standard InChI is InChI=1S/C31H29Br2N3O5S/c1-3-36-30(38)27(42-31(36)34-24-6-4-5-22(18-24)29(37)35-11-13-40-14-12-35)17-21-15-25(33)28(26(16-21)39-2)41-19-20-7-9-23(32)10-8-20/h4-10,15-18H,3,11-14,19H2,1-2H3/b27-17+,34-31?. The third-order valence-corrected chi connectivity index (χ3v) is 8.79. The number of rotatable bonds is 8. The number of amides is 2. The van der Waals surface area contributed by atoms with Crippen LogP contribution in [0.15, 0.2) is 79.5 Å². The van der Waals surface area contributed by atoms with E-state index >= 15 is 0 Å². The predicted octanol–water partition coefficient (Wildman–Crippen LogP) is 6.90. The zero-order valence-corrected chi connectivity index (χ0v) is 27.1. The second-order valence-corrected chi connectivity index (χ2v) is 12.2. The molecule has 0 spiro atoms. The molecule has 0 bridgehead atoms. The smallest absolute Gasteiger partial charge is 0.266 e. The van der Waals surface area contributed by atoms with Gasteiger partial charge in [0.25, 0.3) is 11.8 Å². The normalized spacial score (nSPS) is 17.3. The molecule has 2 heterocycles. The van der Waals surface area contributed by atoms with Gasteiger partial charge in [0.2, 0.25) is 0 Å². The Balaban J connectivity index is 1.36. The van der Waals surface area contributed by atoms with Crippen molar-refractivity contribution in [1.29, 1.82) is 0 Å². The fraction of sp³-hybridized carbons (Fsp3) is 0.258. The Kier molecular flexibility index (Phi) is 10.0. The third-order valence-electron chi connectivity index (χ3n) is 6.67. The first-order valence-electron chi connectivity index (χ1n) is 13.4. The van der Waals surface area contributed by atoms with Crippen molar-refractivity contribution in [2.45, 2.75) is 13.5 Å². The van der Waals surface area contributed by atoms with Gasteiger partial charge in [-0.25, -0.2) is 4.99 Å². The van der Waals surface area contributed by atoms with Crippen molar-refractivity contribution in [3.05, 3.63) is 91.2 Å². The van der Waals surface area contributed by atoms with Crippen LogP contribution in [0.1, 0.15) is 28.4 Å². The van der Waals surface area contributed by atoms with Crippen molar-refractivity contribution in [1.82, 2.24) is 9.80 Å². The van der Waals surface area contributed by atoms with E-state index in [1.165, 1.54) is 11.8 Å². The Morgan fingerprint density at radius 2 is 1.86 bits per heavy atom. The van der Waals surface area contributed by atoms with Crippen LogP contribution in [0.25, 0.3) is 6.08 Å². The first-order chi connectivity index (χ1) is 20.4. The molecule has 0 aromatic heterocycles. The van der Waals surface area contributed by atoms with E-state index in [0.717, 1.165) is 15.6 Å². The molecule has 11 heteroatoms. The Morgan fingerprint density at radius 3 is 2.57 bits per heavy atom. The Morgan fingerprint density at radius 1 is 1.10 bits per heavy atom. The van der Waals surface area contributed by atoms with Crippen LogP contribution in [0.5, 0.6) is 11.5 Å². The van der Waals surface area contributed by atoms with Crippen LogP contribution < -0.4 is 9.47 Å². The van der Waals surface area contributed by atoms with Gasteiger partial charge < -0.3 is 19.1 Å². The highest BCUT2D eigenvalue weighted by molar-refractivity contribution is 9.10. The average Bonchev–Trinajstić information content (AvgIpc) is 3.30. The van der Waals surface area contributed by atoms with Crippen LogP contribution in [0.2, 0.25) is 0 Å². The molecular weight excluding hydrogens is 686 g/mol. The molecule has 0 atom stereocenters. The minimum atomic E-state index is -0.132. The van der Waals surface area contributed by atoms with E-state index < -0.39 is 0 Å². The second-order valence-electron chi connectivity index (χ2n) is 9.46. The summed E-state index contributed by atoms with van der Waals surface area (Å²) in [5.74, 6) is 0.948. The van der Waals surface area contributed by atoms with Crippen molar-refractivity contribution in [2.75, 3.05) is 40.0 Å². The van der Waals surface area contributed by atoms with Gasteiger partial charge in [0.05, 0.1) is 35.4 Å². The average molecular weight is 715 g/mol. The molecule has 0 unspecified atom stereocenters. The predicted molar refractivity (Wildman–Crippen MR) is 172 cm³/mol. The number of likely N-dealkylation sites (N-methyl/N-ethyl adjacent to an activating group) is 1. The van der Waals surface area contributed by atoms with Gasteiger partial charge in [0.1, 0.15) is 6.61 Å². The lowest BCUT2D eigenvalue weighted by atomic mass is 10.1. The van der Waals surface area contributed by atoms with Crippen molar-refractivity contribution >= 4 is 72.4 Å². The molecule has 0 aliphatic carbocycles. The summed E-state index contributed by atoms with van der Waals surface area (Å²) in [6.07, 6.45) is 1.82. The van der Waals surface area contributed by atoms with Crippen LogP contribution in [0, 0.1) is 0 Å². The van der Waals surface area contributed by atoms with Gasteiger partial charge in [-0.3, -0.25) is 14.5 Å². The molecule has 3 aromatic carbocycles. The number of carbonyl (C=O) groups excluding carboxylic acids is 2. The monoisotopic (exact) mass is 713 g/mol. The van der Waals surface area contributed by atoms with E-state index in [2.05, 4.69) is 31.9 Å². The first-order valence-corrected chi connectivity index (χ1v) is 15.8. The highest BCUT2D eigenvalue weighted by Crippen LogP contribution is 2.40. The maximum Gasteiger partial charge on any atom is 0.266 e. The number of nitrogens with zero attached hydrogens (tertiary/aromatic N) is 3. The lowest BCUT2D eigenvalue weighted by molar-refractivity contribution is -0.122. The SMILES string of the molecule is CCN1C(=O)/C(=C\c2cc(Br)c(OCc3ccc(Br)cc3)c(OC)c2)SC1=Nc1cccc(C(=O)N2CCOCC2)c1. The molecule has 2 fully saturated rings. The maximum atomic E-state index is 13.3. The molecule has 5 rings (SSSR count). The van der Waals surface area contributed by atoms with Crippen LogP contribution in [0.4, 0.5) is 5.69 Å². The minimum absolute atomic E-state index is 0.0489. The van der Waals surface area contributed by atoms with E-state index in [-0.39, 0.29) is 11.8 Å². The number of thioether (sulfide) groups is 1. The molecule has 218 valence electrons. The van der Waals surface area contributed by atoms with Gasteiger partial charge in [-0.15, -0.1) is 0 Å². The highest BCUT2D eigenvalue weighted by atomic mass is 79.9. The molecule has 0 saturated carbocycles. The van der Waals surface area contributed by atoms with Crippen molar-refractivity contribution in [3.8, 4) is 11.5 Å². The highest BCUT2D eigenvalue weighted by Gasteiger charge is 2.32. The summed E-state index contributed by atoms with van der Waals surface area (Å²) in [5, 5.41) is 0.560. The molecule has 42 heavy (non-hydrogen) atoms. The number of amidine groups is 1. The molecule has 2 saturated heterocycles. The summed E-state index contributed by atoms with van der Waals surface area (Å²) in [5.41, 5.74) is 2.97. The van der Waals surface area contributed by atoms with E-state index in [4.69, 9.17) is 19.2 Å². The zero-order valence-electron chi connectivity index (χ0n) is 23.1. The molecule has 2 aliphatic rings. The van der Waals surface area contributed by atoms with Crippen molar-refractivity contribution < 1.29 is 23.8 Å². The van der Waals surface area contributed by atoms with Crippen LogP contribution in [-0.4, -0.2) is 66.7 Å². The summed E-state index contributed by atoms with van der Waals surface area (Å²) < 4.78 is 18.8. The number of methoxy groups -OCH3 is 1. The molecule has 0 radical (unpaired) electrons. The molecule has 8 nitrogen and oxygen atoms in total. The molecule has 0 N–H and O–H groups in total. The number of carbonyl (C=O) groups is 2. The largest absolute Gasteiger partial charge is 0.493 e. The number of hydrogen-bond acceptors (Lipinski definition) is 7. The number of ether oxygens (including phenoxy) is 3. The quantitative estimate of drug-likeness (QED) is 0.237. The fourth-order valence-electron chi connectivity index (χ4n) is 4.49. The van der Waals surface area contributed by atoms with Gasteiger partial charge in [-0.1, -0.05) is 34.1 Å². The number of morpholine rings is 1. The van der Waals surface area contributed by atoms with Crippen molar-refractivity contribution in [2.24, 2.45) is 4.99 Å². The first kappa shape index (κ1) is 30.3. The summed E-state index contributed by atoms with van der Waals surface area (Å²) in [7, 11) is 1.59. The molecule has 3 aromatic rings. The minimum Gasteiger partial charge on any atom is -0.493 e. The van der Waals surface area contributed by atoms with E-state index in [1.54, 1.807) is 29.0 Å². The summed E-state index contributed by atoms with van der Waals surface area (Å²) in [6, 6.07) is 18.8. The van der Waals surface area contributed by atoms with E-state index in [1.807, 2.05) is 61.5 Å². The summed E-state index contributed by atoms with van der Waals surface area (Å²) in [6.45, 7) is 4.96. The van der Waals surface area contributed by atoms with Crippen LogP contribution in [-0.2, 0) is 16.1 Å². The molecular formula is C31H29Br2N3O5S. The number of aliphatic imine (C=N–C) groups is 1. The van der Waals surface area contributed by atoms with Gasteiger partial charge >= 0.3 is 0 Å². The molecule has 2 amide bonds. The Bertz CT molecular complexity index is 1540. The Hall–Kier alpha value is -3.12. The summed E-state index contributed by atoms with van der Waals surface area (Å²) >= 11 is 8.36. The number of hydrogen-bond donors (Lipinski definition) is 0. The lowest BCUT2D eigenvalue weighted by Crippen LogP contribution is -2.40. The van der Waals surface area contributed by atoms with E-state index in [9.17, 15) is 9.59 Å². The zero-order chi connectivity index (χ0) is 29.6. The topological polar surface area (TPSA) is 80.7 Å². The van der Waals surface area contributed by atoms with Gasteiger partial charge in [0, 0.05) is 29.7 Å². The fourth-order valence-corrected chi connectivity index (χ4v) is 6.39. The number of benzene rings is 3. The van der Waals surface area contributed by atoms with Gasteiger partial charge in [-0.2, -0.15) is 0 Å².